The summed E-state index contributed by atoms with van der Waals surface area (Å²) in [7, 11) is 0. The lowest BCUT2D eigenvalue weighted by atomic mass is 9.94. The Morgan fingerprint density at radius 2 is 2.32 bits per heavy atom. The Morgan fingerprint density at radius 3 is 3.00 bits per heavy atom. The molecule has 1 saturated carbocycles. The van der Waals surface area contributed by atoms with Crippen molar-refractivity contribution in [1.82, 2.24) is 5.32 Å². The van der Waals surface area contributed by atoms with Crippen LogP contribution < -0.4 is 11.1 Å². The molecule has 1 aromatic carbocycles. The molecule has 0 heterocycles. The summed E-state index contributed by atoms with van der Waals surface area (Å²) in [6, 6.07) is 7.58. The molecule has 0 aromatic heterocycles. The largest absolute Gasteiger partial charge is 0.349 e. The highest BCUT2D eigenvalue weighted by molar-refractivity contribution is 6.30. The third-order valence-electron chi connectivity index (χ3n) is 4.01. The molecule has 1 aliphatic rings. The molecule has 1 aromatic rings. The van der Waals surface area contributed by atoms with Gasteiger partial charge in [0.25, 0.3) is 0 Å². The quantitative estimate of drug-likeness (QED) is 0.891. The molecule has 1 amide bonds. The van der Waals surface area contributed by atoms with E-state index >= 15 is 0 Å². The van der Waals surface area contributed by atoms with Crippen LogP contribution in [0.5, 0.6) is 0 Å². The third kappa shape index (κ3) is 3.48. The van der Waals surface area contributed by atoms with Gasteiger partial charge < -0.3 is 11.1 Å². The number of hydrogen-bond acceptors (Lipinski definition) is 2. The van der Waals surface area contributed by atoms with Crippen LogP contribution in [0.15, 0.2) is 24.3 Å². The van der Waals surface area contributed by atoms with Crippen LogP contribution in [0, 0.1) is 11.8 Å². The molecule has 19 heavy (non-hydrogen) atoms. The zero-order valence-corrected chi connectivity index (χ0v) is 12.0. The summed E-state index contributed by atoms with van der Waals surface area (Å²) in [5.74, 6) is 0.540. The fourth-order valence-electron chi connectivity index (χ4n) is 2.84. The van der Waals surface area contributed by atoms with Gasteiger partial charge in [0.15, 0.2) is 0 Å². The number of rotatable bonds is 4. The van der Waals surface area contributed by atoms with Gasteiger partial charge in [0.2, 0.25) is 5.91 Å². The molecule has 3 nitrogen and oxygen atoms in total. The summed E-state index contributed by atoms with van der Waals surface area (Å²) in [6.07, 6.45) is 3.13. The molecular weight excluding hydrogens is 260 g/mol. The second kappa shape index (κ2) is 6.40. The van der Waals surface area contributed by atoms with Crippen LogP contribution >= 0.6 is 11.6 Å². The third-order valence-corrected chi connectivity index (χ3v) is 4.24. The number of amides is 1. The Balaban J connectivity index is 1.98. The SMILES string of the molecule is CC(NC(=O)C1CCCC1CN)c1cccc(Cl)c1. The number of carbonyl (C=O) groups is 1. The van der Waals surface area contributed by atoms with Gasteiger partial charge in [0, 0.05) is 10.9 Å². The van der Waals surface area contributed by atoms with E-state index in [0.29, 0.717) is 17.5 Å². The van der Waals surface area contributed by atoms with Gasteiger partial charge in [-0.25, -0.2) is 0 Å². The second-order valence-corrected chi connectivity index (χ2v) is 5.75. The van der Waals surface area contributed by atoms with Crippen LogP contribution in [-0.4, -0.2) is 12.5 Å². The number of benzene rings is 1. The van der Waals surface area contributed by atoms with Crippen LogP contribution in [0.4, 0.5) is 0 Å². The maximum atomic E-state index is 12.3. The number of nitrogens with one attached hydrogen (secondary N) is 1. The molecule has 104 valence electrons. The normalized spacial score (nSPS) is 24.2. The molecule has 0 bridgehead atoms. The molecule has 3 unspecified atom stereocenters. The Kier molecular flexibility index (Phi) is 4.83. The lowest BCUT2D eigenvalue weighted by molar-refractivity contribution is -0.126. The van der Waals surface area contributed by atoms with E-state index in [-0.39, 0.29) is 17.9 Å². The van der Waals surface area contributed by atoms with Crippen LogP contribution in [0.25, 0.3) is 0 Å². The lowest BCUT2D eigenvalue weighted by Crippen LogP contribution is -2.36. The van der Waals surface area contributed by atoms with Gasteiger partial charge in [-0.3, -0.25) is 4.79 Å². The van der Waals surface area contributed by atoms with Gasteiger partial charge in [0.05, 0.1) is 6.04 Å². The highest BCUT2D eigenvalue weighted by atomic mass is 35.5. The van der Waals surface area contributed by atoms with Crippen molar-refractivity contribution >= 4 is 17.5 Å². The van der Waals surface area contributed by atoms with E-state index in [1.165, 1.54) is 0 Å². The average molecular weight is 281 g/mol. The second-order valence-electron chi connectivity index (χ2n) is 5.32. The van der Waals surface area contributed by atoms with Crippen molar-refractivity contribution in [3.63, 3.8) is 0 Å². The minimum Gasteiger partial charge on any atom is -0.349 e. The van der Waals surface area contributed by atoms with Crippen molar-refractivity contribution in [2.75, 3.05) is 6.54 Å². The van der Waals surface area contributed by atoms with Gasteiger partial charge in [0.1, 0.15) is 0 Å². The van der Waals surface area contributed by atoms with Crippen molar-refractivity contribution < 1.29 is 4.79 Å². The molecule has 0 aliphatic heterocycles. The predicted octanol–water partition coefficient (Wildman–Crippen LogP) is 2.89. The van der Waals surface area contributed by atoms with Crippen molar-refractivity contribution in [3.8, 4) is 0 Å². The zero-order chi connectivity index (χ0) is 13.8. The number of nitrogens with two attached hydrogens (primary N) is 1. The minimum atomic E-state index is -0.0229. The molecule has 0 radical (unpaired) electrons. The summed E-state index contributed by atoms with van der Waals surface area (Å²) in [6.45, 7) is 2.58. The number of halogens is 1. The fourth-order valence-corrected chi connectivity index (χ4v) is 3.04. The molecule has 4 heteroatoms. The van der Waals surface area contributed by atoms with Gasteiger partial charge in [-0.05, 0) is 49.9 Å². The molecule has 3 N–H and O–H groups in total. The van der Waals surface area contributed by atoms with Crippen molar-refractivity contribution in [2.24, 2.45) is 17.6 Å². The molecule has 0 spiro atoms. The highest BCUT2D eigenvalue weighted by Gasteiger charge is 2.32. The van der Waals surface area contributed by atoms with E-state index in [2.05, 4.69) is 5.32 Å². The van der Waals surface area contributed by atoms with Crippen molar-refractivity contribution in [3.05, 3.63) is 34.9 Å². The van der Waals surface area contributed by atoms with Crippen LogP contribution in [0.3, 0.4) is 0 Å². The topological polar surface area (TPSA) is 55.1 Å². The van der Waals surface area contributed by atoms with E-state index in [9.17, 15) is 4.79 Å². The monoisotopic (exact) mass is 280 g/mol. The molecule has 0 saturated heterocycles. The van der Waals surface area contributed by atoms with Gasteiger partial charge >= 0.3 is 0 Å². The Bertz CT molecular complexity index is 450. The first-order valence-corrected chi connectivity index (χ1v) is 7.25. The van der Waals surface area contributed by atoms with E-state index in [4.69, 9.17) is 17.3 Å². The van der Waals surface area contributed by atoms with E-state index in [0.717, 1.165) is 24.8 Å². The summed E-state index contributed by atoms with van der Waals surface area (Å²) in [5.41, 5.74) is 6.76. The molecule has 1 aliphatic carbocycles. The van der Waals surface area contributed by atoms with Gasteiger partial charge in [-0.1, -0.05) is 30.2 Å². The summed E-state index contributed by atoms with van der Waals surface area (Å²) in [5, 5.41) is 3.77. The number of hydrogen-bond donors (Lipinski definition) is 2. The Hall–Kier alpha value is -1.06. The fraction of sp³-hybridized carbons (Fsp3) is 0.533. The summed E-state index contributed by atoms with van der Waals surface area (Å²) < 4.78 is 0. The predicted molar refractivity (Wildman–Crippen MR) is 77.9 cm³/mol. The summed E-state index contributed by atoms with van der Waals surface area (Å²) >= 11 is 5.97. The first kappa shape index (κ1) is 14.4. The van der Waals surface area contributed by atoms with E-state index < -0.39 is 0 Å². The maximum absolute atomic E-state index is 12.3. The molecule has 1 fully saturated rings. The van der Waals surface area contributed by atoms with Crippen molar-refractivity contribution in [1.29, 1.82) is 0 Å². The highest BCUT2D eigenvalue weighted by Crippen LogP contribution is 2.31. The zero-order valence-electron chi connectivity index (χ0n) is 11.2. The van der Waals surface area contributed by atoms with E-state index in [1.807, 2.05) is 31.2 Å². The Morgan fingerprint density at radius 1 is 1.53 bits per heavy atom. The van der Waals surface area contributed by atoms with Gasteiger partial charge in [-0.15, -0.1) is 0 Å². The van der Waals surface area contributed by atoms with Crippen molar-refractivity contribution in [2.45, 2.75) is 32.2 Å². The summed E-state index contributed by atoms with van der Waals surface area (Å²) in [4.78, 5) is 12.3. The molecule has 3 atom stereocenters. The van der Waals surface area contributed by atoms with Crippen LogP contribution in [0.2, 0.25) is 5.02 Å². The van der Waals surface area contributed by atoms with E-state index in [1.54, 1.807) is 0 Å². The average Bonchev–Trinajstić information content (AvgIpc) is 2.87. The first-order valence-electron chi connectivity index (χ1n) is 6.87. The van der Waals surface area contributed by atoms with Gasteiger partial charge in [-0.2, -0.15) is 0 Å². The minimum absolute atomic E-state index is 0.0229. The van der Waals surface area contributed by atoms with Crippen LogP contribution in [-0.2, 0) is 4.79 Å². The Labute approximate surface area is 119 Å². The lowest BCUT2D eigenvalue weighted by Gasteiger charge is -2.21. The molecular formula is C15H21ClN2O. The first-order chi connectivity index (χ1) is 9.11. The number of carbonyl (C=O) groups excluding carboxylic acids is 1. The van der Waals surface area contributed by atoms with Crippen LogP contribution in [0.1, 0.15) is 37.8 Å². The molecule has 2 rings (SSSR count). The standard InChI is InChI=1S/C15H21ClN2O/c1-10(11-4-2-6-13(16)8-11)18-15(19)14-7-3-5-12(14)9-17/h2,4,6,8,10,12,14H,3,5,7,9,17H2,1H3,(H,18,19). The smallest absolute Gasteiger partial charge is 0.223 e. The maximum Gasteiger partial charge on any atom is 0.223 e.